The van der Waals surface area contributed by atoms with Gasteiger partial charge in [0.1, 0.15) is 0 Å². The first-order valence-corrected chi connectivity index (χ1v) is 5.24. The molecule has 2 N–H and O–H groups in total. The lowest BCUT2D eigenvalue weighted by Gasteiger charge is -2.22. The highest BCUT2D eigenvalue weighted by atomic mass is 79.9. The number of nitrogens with zero attached hydrogens (tertiary/aromatic N) is 1. The van der Waals surface area contributed by atoms with Gasteiger partial charge in [-0.15, -0.1) is 0 Å². The Hall–Kier alpha value is -0.480. The molecule has 0 saturated carbocycles. The second kappa shape index (κ2) is 4.36. The third-order valence-corrected chi connectivity index (χ3v) is 2.53. The Labute approximate surface area is 91.8 Å². The van der Waals surface area contributed by atoms with Gasteiger partial charge in [-0.1, -0.05) is 13.8 Å². The van der Waals surface area contributed by atoms with Crippen molar-refractivity contribution < 1.29 is 4.39 Å². The monoisotopic (exact) mass is 260 g/mol. The first kappa shape index (κ1) is 11.6. The van der Waals surface area contributed by atoms with Gasteiger partial charge in [0.05, 0.1) is 0 Å². The van der Waals surface area contributed by atoms with E-state index in [4.69, 9.17) is 5.73 Å². The average Bonchev–Trinajstić information content (AvgIpc) is 2.11. The van der Waals surface area contributed by atoms with Crippen LogP contribution in [0.25, 0.3) is 0 Å². The molecule has 0 aliphatic carbocycles. The van der Waals surface area contributed by atoms with Gasteiger partial charge in [0.15, 0.2) is 0 Å². The second-order valence-electron chi connectivity index (χ2n) is 4.15. The molecule has 0 unspecified atom stereocenters. The van der Waals surface area contributed by atoms with E-state index >= 15 is 0 Å². The van der Waals surface area contributed by atoms with Gasteiger partial charge in [-0.05, 0) is 40.4 Å². The molecule has 0 aromatic carbocycles. The minimum Gasteiger partial charge on any atom is -0.330 e. The fourth-order valence-corrected chi connectivity index (χ4v) is 1.55. The molecule has 1 aromatic rings. The maximum atomic E-state index is 13.3. The summed E-state index contributed by atoms with van der Waals surface area (Å²) in [6.45, 7) is 4.54. The van der Waals surface area contributed by atoms with Crippen LogP contribution in [0, 0.1) is 11.4 Å². The number of hydrogen-bond acceptors (Lipinski definition) is 2. The molecule has 78 valence electrons. The summed E-state index contributed by atoms with van der Waals surface area (Å²) < 4.78 is 14.1. The van der Waals surface area contributed by atoms with E-state index < -0.39 is 5.95 Å². The molecule has 0 atom stereocenters. The van der Waals surface area contributed by atoms with Crippen molar-refractivity contribution in [1.82, 2.24) is 4.98 Å². The Morgan fingerprint density at radius 1 is 1.57 bits per heavy atom. The number of hydrogen-bond donors (Lipinski definition) is 1. The minimum atomic E-state index is -0.408. The largest absolute Gasteiger partial charge is 0.330 e. The van der Waals surface area contributed by atoms with E-state index in [1.807, 2.05) is 13.8 Å². The molecule has 0 aliphatic rings. The topological polar surface area (TPSA) is 38.9 Å². The van der Waals surface area contributed by atoms with E-state index in [1.165, 1.54) is 6.20 Å². The highest BCUT2D eigenvalue weighted by Crippen LogP contribution is 2.23. The summed E-state index contributed by atoms with van der Waals surface area (Å²) >= 11 is 3.27. The zero-order valence-corrected chi connectivity index (χ0v) is 9.94. The van der Waals surface area contributed by atoms with E-state index in [-0.39, 0.29) is 5.41 Å². The molecule has 0 aliphatic heterocycles. The van der Waals surface area contributed by atoms with Crippen LogP contribution in [0.1, 0.15) is 19.4 Å². The normalized spacial score (nSPS) is 11.8. The van der Waals surface area contributed by atoms with Crippen molar-refractivity contribution in [2.45, 2.75) is 20.3 Å². The predicted octanol–water partition coefficient (Wildman–Crippen LogP) is 2.51. The number of halogens is 2. The van der Waals surface area contributed by atoms with Crippen molar-refractivity contribution in [3.8, 4) is 0 Å². The van der Waals surface area contributed by atoms with Gasteiger partial charge < -0.3 is 5.73 Å². The molecule has 0 bridgehead atoms. The second-order valence-corrected chi connectivity index (χ2v) is 5.06. The van der Waals surface area contributed by atoms with Gasteiger partial charge in [0.25, 0.3) is 0 Å². The third-order valence-electron chi connectivity index (χ3n) is 2.10. The summed E-state index contributed by atoms with van der Waals surface area (Å²) in [7, 11) is 0. The van der Waals surface area contributed by atoms with Gasteiger partial charge in [-0.3, -0.25) is 0 Å². The lowest BCUT2D eigenvalue weighted by molar-refractivity contribution is 0.367. The molecule has 1 rings (SSSR count). The SMILES string of the molecule is CC(C)(CN)Cc1cc(Br)cnc1F. The van der Waals surface area contributed by atoms with Crippen LogP contribution in [-0.4, -0.2) is 11.5 Å². The van der Waals surface area contributed by atoms with Crippen LogP contribution >= 0.6 is 15.9 Å². The molecule has 0 radical (unpaired) electrons. The molecule has 14 heavy (non-hydrogen) atoms. The molecule has 2 nitrogen and oxygen atoms in total. The number of nitrogens with two attached hydrogens (primary N) is 1. The summed E-state index contributed by atoms with van der Waals surface area (Å²) in [6.07, 6.45) is 2.05. The van der Waals surface area contributed by atoms with Crippen molar-refractivity contribution in [1.29, 1.82) is 0 Å². The Bertz CT molecular complexity index is 326. The average molecular weight is 261 g/mol. The van der Waals surface area contributed by atoms with Crippen LogP contribution in [0.2, 0.25) is 0 Å². The molecule has 4 heteroatoms. The van der Waals surface area contributed by atoms with Gasteiger partial charge in [-0.2, -0.15) is 4.39 Å². The quantitative estimate of drug-likeness (QED) is 0.849. The first-order chi connectivity index (χ1) is 6.44. The van der Waals surface area contributed by atoms with Crippen LogP contribution < -0.4 is 5.73 Å². The van der Waals surface area contributed by atoms with Crippen LogP contribution in [0.4, 0.5) is 4.39 Å². The lowest BCUT2D eigenvalue weighted by atomic mass is 9.86. The van der Waals surface area contributed by atoms with Gasteiger partial charge in [0.2, 0.25) is 5.95 Å². The Balaban J connectivity index is 2.91. The van der Waals surface area contributed by atoms with E-state index in [0.717, 1.165) is 4.47 Å². The minimum absolute atomic E-state index is 0.0939. The Morgan fingerprint density at radius 2 is 2.21 bits per heavy atom. The fraction of sp³-hybridized carbons (Fsp3) is 0.500. The molecule has 0 fully saturated rings. The van der Waals surface area contributed by atoms with Crippen molar-refractivity contribution in [2.24, 2.45) is 11.1 Å². The van der Waals surface area contributed by atoms with E-state index in [1.54, 1.807) is 6.07 Å². The van der Waals surface area contributed by atoms with Crippen molar-refractivity contribution >= 4 is 15.9 Å². The number of pyridine rings is 1. The maximum absolute atomic E-state index is 13.3. The molecule has 0 amide bonds. The van der Waals surface area contributed by atoms with Gasteiger partial charge in [0, 0.05) is 16.2 Å². The highest BCUT2D eigenvalue weighted by molar-refractivity contribution is 9.10. The zero-order valence-electron chi connectivity index (χ0n) is 8.35. The predicted molar refractivity (Wildman–Crippen MR) is 58.4 cm³/mol. The lowest BCUT2D eigenvalue weighted by Crippen LogP contribution is -2.26. The molecular weight excluding hydrogens is 247 g/mol. The van der Waals surface area contributed by atoms with Crippen LogP contribution in [0.3, 0.4) is 0 Å². The van der Waals surface area contributed by atoms with Gasteiger partial charge >= 0.3 is 0 Å². The smallest absolute Gasteiger partial charge is 0.216 e. The Morgan fingerprint density at radius 3 is 2.79 bits per heavy atom. The van der Waals surface area contributed by atoms with E-state index in [9.17, 15) is 4.39 Å². The molecule has 0 saturated heterocycles. The summed E-state index contributed by atoms with van der Waals surface area (Å²) in [6, 6.07) is 1.75. The van der Waals surface area contributed by atoms with E-state index in [2.05, 4.69) is 20.9 Å². The van der Waals surface area contributed by atoms with Crippen LogP contribution in [-0.2, 0) is 6.42 Å². The summed E-state index contributed by atoms with van der Waals surface area (Å²) in [5.41, 5.74) is 6.10. The Kier molecular flexibility index (Phi) is 3.61. The first-order valence-electron chi connectivity index (χ1n) is 4.44. The third kappa shape index (κ3) is 3.03. The summed E-state index contributed by atoms with van der Waals surface area (Å²) in [5, 5.41) is 0. The maximum Gasteiger partial charge on any atom is 0.216 e. The zero-order chi connectivity index (χ0) is 10.8. The fourth-order valence-electron chi connectivity index (χ4n) is 1.18. The molecule has 1 heterocycles. The highest BCUT2D eigenvalue weighted by Gasteiger charge is 2.19. The van der Waals surface area contributed by atoms with E-state index in [0.29, 0.717) is 18.5 Å². The molecule has 0 spiro atoms. The van der Waals surface area contributed by atoms with Gasteiger partial charge in [-0.25, -0.2) is 4.98 Å². The number of aromatic nitrogens is 1. The van der Waals surface area contributed by atoms with Crippen LogP contribution in [0.5, 0.6) is 0 Å². The molecule has 1 aromatic heterocycles. The summed E-state index contributed by atoms with van der Waals surface area (Å²) in [4.78, 5) is 3.64. The number of rotatable bonds is 3. The van der Waals surface area contributed by atoms with Crippen molar-refractivity contribution in [2.75, 3.05) is 6.54 Å². The standard InChI is InChI=1S/C10H14BrFN2/c1-10(2,6-13)4-7-3-8(11)5-14-9(7)12/h3,5H,4,6,13H2,1-2H3. The summed E-state index contributed by atoms with van der Waals surface area (Å²) in [5.74, 6) is -0.408. The van der Waals surface area contributed by atoms with Crippen molar-refractivity contribution in [3.05, 3.63) is 28.2 Å². The van der Waals surface area contributed by atoms with Crippen LogP contribution in [0.15, 0.2) is 16.7 Å². The van der Waals surface area contributed by atoms with Crippen molar-refractivity contribution in [3.63, 3.8) is 0 Å². The molecular formula is C10H14BrFN2.